The monoisotopic (exact) mass is 321 g/mol. The molecule has 2 aromatic carbocycles. The van der Waals surface area contributed by atoms with E-state index in [0.717, 1.165) is 0 Å². The highest BCUT2D eigenvalue weighted by Crippen LogP contribution is 2.19. The molecule has 0 spiro atoms. The maximum atomic E-state index is 12.2. The molecule has 0 saturated heterocycles. The minimum absolute atomic E-state index is 0.0548. The van der Waals surface area contributed by atoms with E-state index in [-0.39, 0.29) is 16.1 Å². The van der Waals surface area contributed by atoms with Crippen LogP contribution in [0.3, 0.4) is 0 Å². The summed E-state index contributed by atoms with van der Waals surface area (Å²) in [7, 11) is -3.77. The number of carboxylic acid groups (broad SMARTS) is 1. The molecule has 0 aliphatic rings. The lowest BCUT2D eigenvalue weighted by atomic mass is 10.1. The first-order valence-corrected chi connectivity index (χ1v) is 7.92. The van der Waals surface area contributed by atoms with E-state index in [4.69, 9.17) is 5.11 Å². The van der Waals surface area contributed by atoms with Gasteiger partial charge in [0.2, 0.25) is 0 Å². The molecule has 2 aromatic rings. The predicted octanol–water partition coefficient (Wildman–Crippen LogP) is 2.24. The van der Waals surface area contributed by atoms with E-state index in [1.807, 2.05) is 0 Å². The number of hydrogen-bond donors (Lipinski definition) is 3. The highest BCUT2D eigenvalue weighted by atomic mass is 32.2. The largest absolute Gasteiger partial charge is 0.478 e. The van der Waals surface area contributed by atoms with Crippen LogP contribution in [0.5, 0.6) is 0 Å². The molecular formula is C15H15NO5S. The topological polar surface area (TPSA) is 104 Å². The zero-order valence-corrected chi connectivity index (χ0v) is 12.5. The van der Waals surface area contributed by atoms with Crippen LogP contribution in [-0.4, -0.2) is 24.6 Å². The van der Waals surface area contributed by atoms with Gasteiger partial charge < -0.3 is 10.2 Å². The maximum absolute atomic E-state index is 12.2. The second-order valence-electron chi connectivity index (χ2n) is 4.73. The number of carboxylic acids is 1. The van der Waals surface area contributed by atoms with Crippen LogP contribution >= 0.6 is 0 Å². The molecule has 7 heteroatoms. The fourth-order valence-electron chi connectivity index (χ4n) is 1.82. The Kier molecular flexibility index (Phi) is 4.48. The summed E-state index contributed by atoms with van der Waals surface area (Å²) in [6, 6.07) is 11.3. The zero-order chi connectivity index (χ0) is 16.3. The molecule has 0 aromatic heterocycles. The Labute approximate surface area is 128 Å². The number of nitrogens with one attached hydrogen (secondary N) is 1. The zero-order valence-electron chi connectivity index (χ0n) is 11.7. The fourth-order valence-corrected chi connectivity index (χ4v) is 2.88. The van der Waals surface area contributed by atoms with E-state index in [9.17, 15) is 18.3 Å². The minimum atomic E-state index is -3.77. The lowest BCUT2D eigenvalue weighted by molar-refractivity contribution is 0.0697. The van der Waals surface area contributed by atoms with Gasteiger partial charge in [0, 0.05) is 5.69 Å². The number of aliphatic hydroxyl groups is 1. The van der Waals surface area contributed by atoms with Crippen molar-refractivity contribution < 1.29 is 23.4 Å². The van der Waals surface area contributed by atoms with Gasteiger partial charge in [0.25, 0.3) is 10.0 Å². The summed E-state index contributed by atoms with van der Waals surface area (Å²) in [6.07, 6.45) is -0.673. The van der Waals surface area contributed by atoms with E-state index < -0.39 is 22.1 Å². The van der Waals surface area contributed by atoms with E-state index >= 15 is 0 Å². The first-order chi connectivity index (χ1) is 10.3. The van der Waals surface area contributed by atoms with Crippen molar-refractivity contribution in [3.8, 4) is 0 Å². The van der Waals surface area contributed by atoms with Gasteiger partial charge in [0.15, 0.2) is 0 Å². The van der Waals surface area contributed by atoms with E-state index in [1.165, 1.54) is 48.5 Å². The van der Waals surface area contributed by atoms with E-state index in [1.54, 1.807) is 6.92 Å². The third-order valence-electron chi connectivity index (χ3n) is 3.06. The molecule has 0 radical (unpaired) electrons. The number of aromatic carboxylic acids is 1. The van der Waals surface area contributed by atoms with Crippen molar-refractivity contribution in [2.24, 2.45) is 0 Å². The van der Waals surface area contributed by atoms with Crippen molar-refractivity contribution >= 4 is 21.7 Å². The van der Waals surface area contributed by atoms with Gasteiger partial charge in [0.05, 0.1) is 16.6 Å². The molecule has 1 unspecified atom stereocenters. The summed E-state index contributed by atoms with van der Waals surface area (Å²) in [5, 5.41) is 18.2. The van der Waals surface area contributed by atoms with Crippen LogP contribution in [0.4, 0.5) is 5.69 Å². The van der Waals surface area contributed by atoms with Gasteiger partial charge in [-0.15, -0.1) is 0 Å². The van der Waals surface area contributed by atoms with Gasteiger partial charge in [-0.25, -0.2) is 13.2 Å². The van der Waals surface area contributed by atoms with Crippen molar-refractivity contribution in [1.29, 1.82) is 0 Å². The van der Waals surface area contributed by atoms with Crippen molar-refractivity contribution in [3.05, 3.63) is 59.7 Å². The van der Waals surface area contributed by atoms with Crippen molar-refractivity contribution in [1.82, 2.24) is 0 Å². The molecule has 0 bridgehead atoms. The summed E-state index contributed by atoms with van der Waals surface area (Å²) in [6.45, 7) is 1.59. The van der Waals surface area contributed by atoms with Gasteiger partial charge in [-0.05, 0) is 48.9 Å². The Morgan fingerprint density at radius 2 is 1.59 bits per heavy atom. The van der Waals surface area contributed by atoms with Gasteiger partial charge in [-0.1, -0.05) is 12.1 Å². The van der Waals surface area contributed by atoms with Gasteiger partial charge in [-0.2, -0.15) is 0 Å². The number of rotatable bonds is 5. The predicted molar refractivity (Wildman–Crippen MR) is 81.3 cm³/mol. The van der Waals surface area contributed by atoms with E-state index in [2.05, 4.69) is 4.72 Å². The third-order valence-corrected chi connectivity index (χ3v) is 4.45. The first kappa shape index (κ1) is 16.0. The van der Waals surface area contributed by atoms with Crippen LogP contribution < -0.4 is 4.72 Å². The van der Waals surface area contributed by atoms with Crippen molar-refractivity contribution in [2.75, 3.05) is 4.72 Å². The number of anilines is 1. The molecule has 2 rings (SSSR count). The average molecular weight is 321 g/mol. The number of carbonyl (C=O) groups is 1. The summed E-state index contributed by atoms with van der Waals surface area (Å²) in [5.41, 5.74) is 0.957. The highest BCUT2D eigenvalue weighted by molar-refractivity contribution is 7.92. The van der Waals surface area contributed by atoms with E-state index in [0.29, 0.717) is 5.56 Å². The smallest absolute Gasteiger partial charge is 0.335 e. The molecule has 1 atom stereocenters. The highest BCUT2D eigenvalue weighted by Gasteiger charge is 2.15. The summed E-state index contributed by atoms with van der Waals surface area (Å²) < 4.78 is 26.8. The fraction of sp³-hybridized carbons (Fsp3) is 0.133. The molecule has 0 heterocycles. The van der Waals surface area contributed by atoms with Crippen molar-refractivity contribution in [3.63, 3.8) is 0 Å². The van der Waals surface area contributed by atoms with Crippen LogP contribution in [0, 0.1) is 0 Å². The second-order valence-corrected chi connectivity index (χ2v) is 6.42. The second kappa shape index (κ2) is 6.17. The minimum Gasteiger partial charge on any atom is -0.478 e. The summed E-state index contributed by atoms with van der Waals surface area (Å²) in [5.74, 6) is -1.08. The van der Waals surface area contributed by atoms with Crippen LogP contribution in [0.2, 0.25) is 0 Å². The first-order valence-electron chi connectivity index (χ1n) is 6.44. The molecule has 0 amide bonds. The number of aliphatic hydroxyl groups excluding tert-OH is 1. The summed E-state index contributed by atoms with van der Waals surface area (Å²) >= 11 is 0. The summed E-state index contributed by atoms with van der Waals surface area (Å²) in [4.78, 5) is 10.8. The standard InChI is InChI=1S/C15H15NO5S/c1-10(17)11-4-8-14(9-5-11)22(20,21)16-13-6-2-12(3-7-13)15(18)19/h2-10,16-17H,1H3,(H,18,19). The molecule has 22 heavy (non-hydrogen) atoms. The molecular weight excluding hydrogens is 306 g/mol. The molecule has 0 fully saturated rings. The van der Waals surface area contributed by atoms with Crippen LogP contribution in [0.25, 0.3) is 0 Å². The number of hydrogen-bond acceptors (Lipinski definition) is 4. The SMILES string of the molecule is CC(O)c1ccc(S(=O)(=O)Nc2ccc(C(=O)O)cc2)cc1. The van der Waals surface area contributed by atoms with Gasteiger partial charge in [-0.3, -0.25) is 4.72 Å². The lowest BCUT2D eigenvalue weighted by Crippen LogP contribution is -2.13. The molecule has 0 aliphatic carbocycles. The third kappa shape index (κ3) is 3.63. The van der Waals surface area contributed by atoms with Crippen LogP contribution in [-0.2, 0) is 10.0 Å². The van der Waals surface area contributed by atoms with Gasteiger partial charge >= 0.3 is 5.97 Å². The lowest BCUT2D eigenvalue weighted by Gasteiger charge is -2.10. The molecule has 0 aliphatic heterocycles. The molecule has 3 N–H and O–H groups in total. The Bertz CT molecular complexity index is 765. The maximum Gasteiger partial charge on any atom is 0.335 e. The number of sulfonamides is 1. The van der Waals surface area contributed by atoms with Crippen molar-refractivity contribution in [2.45, 2.75) is 17.9 Å². The molecule has 116 valence electrons. The normalized spacial score (nSPS) is 12.6. The Balaban J connectivity index is 2.21. The quantitative estimate of drug-likeness (QED) is 0.783. The molecule has 0 saturated carbocycles. The van der Waals surface area contributed by atoms with Crippen LogP contribution in [0.15, 0.2) is 53.4 Å². The average Bonchev–Trinajstić information content (AvgIpc) is 2.47. The van der Waals surface area contributed by atoms with Crippen LogP contribution in [0.1, 0.15) is 28.9 Å². The Morgan fingerprint density at radius 3 is 2.05 bits per heavy atom. The molecule has 6 nitrogen and oxygen atoms in total. The Morgan fingerprint density at radius 1 is 1.05 bits per heavy atom. The van der Waals surface area contributed by atoms with Gasteiger partial charge in [0.1, 0.15) is 0 Å². The number of benzene rings is 2. The Hall–Kier alpha value is -2.38.